The Hall–Kier alpha value is -1.08. The molecular weight excluding hydrogens is 256 g/mol. The topological polar surface area (TPSA) is 20.2 Å². The first-order valence-electron chi connectivity index (χ1n) is 8.25. The summed E-state index contributed by atoms with van der Waals surface area (Å²) in [6.07, 6.45) is 13.6. The van der Waals surface area contributed by atoms with Gasteiger partial charge in [-0.15, -0.1) is 0 Å². The molecule has 0 saturated carbocycles. The van der Waals surface area contributed by atoms with Crippen LogP contribution in [-0.4, -0.2) is 11.2 Å². The fourth-order valence-electron chi connectivity index (χ4n) is 2.67. The molecule has 21 heavy (non-hydrogen) atoms. The lowest BCUT2D eigenvalue weighted by Gasteiger charge is -2.13. The minimum atomic E-state index is -0.340. The van der Waals surface area contributed by atoms with E-state index < -0.39 is 0 Å². The summed E-state index contributed by atoms with van der Waals surface area (Å²) < 4.78 is 0. The van der Waals surface area contributed by atoms with E-state index in [0.29, 0.717) is 5.92 Å². The molecule has 0 aromatic heterocycles. The molecule has 0 aromatic carbocycles. The Bertz CT molecular complexity index is 446. The van der Waals surface area contributed by atoms with E-state index in [1.165, 1.54) is 22.3 Å². The normalized spacial score (nSPS) is 32.8. The van der Waals surface area contributed by atoms with Crippen molar-refractivity contribution in [1.29, 1.82) is 0 Å². The minimum absolute atomic E-state index is 0.340. The molecule has 1 heteroatoms. The van der Waals surface area contributed by atoms with Crippen molar-refractivity contribution in [3.63, 3.8) is 0 Å². The lowest BCUT2D eigenvalue weighted by Crippen LogP contribution is -2.04. The van der Waals surface area contributed by atoms with Gasteiger partial charge in [0.15, 0.2) is 0 Å². The molecule has 1 N–H and O–H groups in total. The van der Waals surface area contributed by atoms with Crippen molar-refractivity contribution in [2.45, 2.75) is 72.8 Å². The van der Waals surface area contributed by atoms with Gasteiger partial charge in [0, 0.05) is 0 Å². The van der Waals surface area contributed by atoms with Gasteiger partial charge in [-0.25, -0.2) is 0 Å². The maximum absolute atomic E-state index is 10.1. The third kappa shape index (κ3) is 7.47. The average Bonchev–Trinajstić information content (AvgIpc) is 2.36. The largest absolute Gasteiger partial charge is 0.389 e. The fraction of sp³-hybridized carbons (Fsp3) is 0.600. The summed E-state index contributed by atoms with van der Waals surface area (Å²) in [4.78, 5) is 0. The van der Waals surface area contributed by atoms with E-state index in [2.05, 4.69) is 52.8 Å². The number of aliphatic hydroxyl groups is 1. The van der Waals surface area contributed by atoms with Gasteiger partial charge in [0.2, 0.25) is 0 Å². The van der Waals surface area contributed by atoms with Gasteiger partial charge in [-0.2, -0.15) is 0 Å². The number of rotatable bonds is 1. The van der Waals surface area contributed by atoms with Crippen LogP contribution >= 0.6 is 0 Å². The first kappa shape index (κ1) is 18.0. The molecule has 1 aliphatic carbocycles. The third-order valence-corrected chi connectivity index (χ3v) is 4.17. The Labute approximate surface area is 131 Å². The predicted molar refractivity (Wildman–Crippen MR) is 93.3 cm³/mol. The van der Waals surface area contributed by atoms with Crippen molar-refractivity contribution < 1.29 is 5.11 Å². The van der Waals surface area contributed by atoms with Gasteiger partial charge in [-0.3, -0.25) is 0 Å². The maximum Gasteiger partial charge on any atom is 0.0760 e. The molecule has 0 bridgehead atoms. The summed E-state index contributed by atoms with van der Waals surface area (Å²) in [5.74, 6) is 0.585. The molecule has 0 saturated heterocycles. The Kier molecular flexibility index (Phi) is 7.74. The molecule has 0 fully saturated rings. The first-order valence-corrected chi connectivity index (χ1v) is 8.25. The van der Waals surface area contributed by atoms with E-state index >= 15 is 0 Å². The highest BCUT2D eigenvalue weighted by atomic mass is 16.3. The SMILES string of the molecule is C/C1=C\C=C(\C(C)C)CC/C(C)=C/[C@@H](O)C/C(C)=C/CC1. The van der Waals surface area contributed by atoms with Crippen molar-refractivity contribution in [2.75, 3.05) is 0 Å². The van der Waals surface area contributed by atoms with Crippen molar-refractivity contribution in [3.8, 4) is 0 Å². The highest BCUT2D eigenvalue weighted by molar-refractivity contribution is 5.20. The zero-order valence-corrected chi connectivity index (χ0v) is 14.4. The number of aliphatic hydroxyl groups excluding tert-OH is 1. The van der Waals surface area contributed by atoms with Crippen molar-refractivity contribution >= 4 is 0 Å². The second-order valence-electron chi connectivity index (χ2n) is 6.78. The highest BCUT2D eigenvalue weighted by Crippen LogP contribution is 2.21. The highest BCUT2D eigenvalue weighted by Gasteiger charge is 2.06. The zero-order valence-electron chi connectivity index (χ0n) is 14.4. The van der Waals surface area contributed by atoms with Gasteiger partial charge >= 0.3 is 0 Å². The fourth-order valence-corrected chi connectivity index (χ4v) is 2.67. The molecule has 0 unspecified atom stereocenters. The number of hydrogen-bond donors (Lipinski definition) is 1. The molecule has 0 spiro atoms. The monoisotopic (exact) mass is 288 g/mol. The molecule has 1 rings (SSSR count). The molecule has 0 heterocycles. The molecule has 1 nitrogen and oxygen atoms in total. The van der Waals surface area contributed by atoms with Crippen LogP contribution in [0, 0.1) is 5.92 Å². The standard InChI is InChI=1S/C20H32O/c1-15(2)19-11-9-16(3)7-6-8-17(4)13-20(21)14-18(5)10-12-19/h8-9,11,14-15,20-21H,6-7,10,12-13H2,1-5H3/b16-9+,17-8+,18-14+,19-11+/t20-/m0/s1. The summed E-state index contributed by atoms with van der Waals surface area (Å²) in [6.45, 7) is 11.0. The maximum atomic E-state index is 10.1. The first-order chi connectivity index (χ1) is 9.88. The van der Waals surface area contributed by atoms with Crippen LogP contribution < -0.4 is 0 Å². The van der Waals surface area contributed by atoms with Crippen LogP contribution in [0.5, 0.6) is 0 Å². The van der Waals surface area contributed by atoms with E-state index in [1.807, 2.05) is 6.08 Å². The Balaban J connectivity index is 2.95. The minimum Gasteiger partial charge on any atom is -0.389 e. The Morgan fingerprint density at radius 2 is 1.67 bits per heavy atom. The summed E-state index contributed by atoms with van der Waals surface area (Å²) in [7, 11) is 0. The van der Waals surface area contributed by atoms with Gasteiger partial charge < -0.3 is 5.11 Å². The van der Waals surface area contributed by atoms with Crippen LogP contribution in [-0.2, 0) is 0 Å². The molecule has 0 aliphatic heterocycles. The van der Waals surface area contributed by atoms with Gasteiger partial charge in [-0.05, 0) is 58.8 Å². The van der Waals surface area contributed by atoms with Gasteiger partial charge in [0.05, 0.1) is 6.10 Å². The Morgan fingerprint density at radius 3 is 2.33 bits per heavy atom. The van der Waals surface area contributed by atoms with Crippen LogP contribution in [0.25, 0.3) is 0 Å². The number of hydrogen-bond acceptors (Lipinski definition) is 1. The van der Waals surface area contributed by atoms with Crippen molar-refractivity contribution in [3.05, 3.63) is 46.6 Å². The molecule has 0 aromatic rings. The molecule has 0 radical (unpaired) electrons. The van der Waals surface area contributed by atoms with Crippen molar-refractivity contribution in [1.82, 2.24) is 0 Å². The predicted octanol–water partition coefficient (Wildman–Crippen LogP) is 5.73. The van der Waals surface area contributed by atoms with Gasteiger partial charge in [0.25, 0.3) is 0 Å². The van der Waals surface area contributed by atoms with E-state index in [-0.39, 0.29) is 6.10 Å². The molecule has 1 aliphatic rings. The van der Waals surface area contributed by atoms with Gasteiger partial charge in [-0.1, -0.05) is 60.4 Å². The van der Waals surface area contributed by atoms with Crippen LogP contribution in [0.1, 0.15) is 66.7 Å². The number of allylic oxidation sites excluding steroid dienone is 6. The van der Waals surface area contributed by atoms with Crippen LogP contribution in [0.4, 0.5) is 0 Å². The summed E-state index contributed by atoms with van der Waals surface area (Å²) in [5, 5.41) is 10.1. The molecular formula is C20H32O. The van der Waals surface area contributed by atoms with E-state index in [4.69, 9.17) is 0 Å². The van der Waals surface area contributed by atoms with E-state index in [1.54, 1.807) is 0 Å². The average molecular weight is 288 g/mol. The van der Waals surface area contributed by atoms with E-state index in [0.717, 1.165) is 32.1 Å². The summed E-state index contributed by atoms with van der Waals surface area (Å²) >= 11 is 0. The molecule has 1 atom stereocenters. The molecule has 0 amide bonds. The second-order valence-corrected chi connectivity index (χ2v) is 6.78. The summed E-state index contributed by atoms with van der Waals surface area (Å²) in [6, 6.07) is 0. The Morgan fingerprint density at radius 1 is 0.952 bits per heavy atom. The van der Waals surface area contributed by atoms with Crippen LogP contribution in [0.15, 0.2) is 46.6 Å². The van der Waals surface area contributed by atoms with Crippen LogP contribution in [0.3, 0.4) is 0 Å². The zero-order chi connectivity index (χ0) is 15.8. The lowest BCUT2D eigenvalue weighted by molar-refractivity contribution is 0.222. The quantitative estimate of drug-likeness (QED) is 0.611. The van der Waals surface area contributed by atoms with Gasteiger partial charge in [0.1, 0.15) is 0 Å². The third-order valence-electron chi connectivity index (χ3n) is 4.17. The summed E-state index contributed by atoms with van der Waals surface area (Å²) in [5.41, 5.74) is 5.51. The van der Waals surface area contributed by atoms with Crippen LogP contribution in [0.2, 0.25) is 0 Å². The smallest absolute Gasteiger partial charge is 0.0760 e. The van der Waals surface area contributed by atoms with Crippen molar-refractivity contribution in [2.24, 2.45) is 5.92 Å². The second kappa shape index (κ2) is 9.04. The lowest BCUT2D eigenvalue weighted by atomic mass is 9.94. The van der Waals surface area contributed by atoms with E-state index in [9.17, 15) is 5.11 Å². The molecule has 118 valence electrons.